The van der Waals surface area contributed by atoms with Gasteiger partial charge in [0.1, 0.15) is 0 Å². The molecule has 0 amide bonds. The summed E-state index contributed by atoms with van der Waals surface area (Å²) in [5.74, 6) is -1.18. The lowest BCUT2D eigenvalue weighted by molar-refractivity contribution is -0.153. The average molecular weight is 326 g/mol. The van der Waals surface area contributed by atoms with Gasteiger partial charge in [0.25, 0.3) is 0 Å². The Balaban J connectivity index is 2.20. The van der Waals surface area contributed by atoms with Gasteiger partial charge in [-0.15, -0.1) is 0 Å². The van der Waals surface area contributed by atoms with Crippen molar-refractivity contribution in [3.8, 4) is 0 Å². The van der Waals surface area contributed by atoms with Crippen molar-refractivity contribution in [3.05, 3.63) is 58.2 Å². The maximum absolute atomic E-state index is 11.8. The molecule has 0 aromatic rings. The standard InChI is InChI=1S/C21H26O3/c1-14(8-10-17-16(3)13-19(22)24-20(17)23)9-11-18-15(2)7-6-12-21(18,4)5/h8-11,13H,6-7,12H2,1-5H3/b11-9+,14-8+,17-10+. The third-order valence-electron chi connectivity index (χ3n) is 4.74. The number of hydrogen-bond donors (Lipinski definition) is 0. The summed E-state index contributed by atoms with van der Waals surface area (Å²) in [4.78, 5) is 22.9. The highest BCUT2D eigenvalue weighted by Crippen LogP contribution is 2.40. The van der Waals surface area contributed by atoms with Crippen LogP contribution < -0.4 is 0 Å². The van der Waals surface area contributed by atoms with E-state index in [1.54, 1.807) is 13.0 Å². The fourth-order valence-corrected chi connectivity index (χ4v) is 3.29. The highest BCUT2D eigenvalue weighted by atomic mass is 16.6. The molecule has 0 unspecified atom stereocenters. The molecule has 0 bridgehead atoms. The molecule has 0 saturated carbocycles. The van der Waals surface area contributed by atoms with Crippen LogP contribution in [0, 0.1) is 5.41 Å². The average Bonchev–Trinajstić information content (AvgIpc) is 2.44. The van der Waals surface area contributed by atoms with Crippen molar-refractivity contribution in [1.82, 2.24) is 0 Å². The molecular weight excluding hydrogens is 300 g/mol. The van der Waals surface area contributed by atoms with Gasteiger partial charge in [-0.2, -0.15) is 0 Å². The molecule has 0 N–H and O–H groups in total. The Bertz CT molecular complexity index is 709. The molecule has 2 aliphatic rings. The Morgan fingerprint density at radius 2 is 1.96 bits per heavy atom. The van der Waals surface area contributed by atoms with Crippen molar-refractivity contribution in [2.24, 2.45) is 5.41 Å². The maximum Gasteiger partial charge on any atom is 0.346 e. The highest BCUT2D eigenvalue weighted by molar-refractivity contribution is 6.07. The molecule has 0 aromatic heterocycles. The molecule has 1 aliphatic carbocycles. The Labute approximate surface area is 144 Å². The van der Waals surface area contributed by atoms with Crippen molar-refractivity contribution in [2.45, 2.75) is 53.9 Å². The van der Waals surface area contributed by atoms with Crippen LogP contribution in [0.3, 0.4) is 0 Å². The van der Waals surface area contributed by atoms with E-state index in [1.807, 2.05) is 13.0 Å². The van der Waals surface area contributed by atoms with Gasteiger partial charge in [-0.3, -0.25) is 0 Å². The summed E-state index contributed by atoms with van der Waals surface area (Å²) in [5.41, 5.74) is 5.19. The van der Waals surface area contributed by atoms with E-state index >= 15 is 0 Å². The normalized spacial score (nSPS) is 23.8. The molecule has 0 atom stereocenters. The summed E-state index contributed by atoms with van der Waals surface area (Å²) >= 11 is 0. The highest BCUT2D eigenvalue weighted by Gasteiger charge is 2.26. The molecule has 0 spiro atoms. The van der Waals surface area contributed by atoms with Crippen molar-refractivity contribution in [3.63, 3.8) is 0 Å². The van der Waals surface area contributed by atoms with Gasteiger partial charge in [0.05, 0.1) is 5.57 Å². The zero-order valence-electron chi connectivity index (χ0n) is 15.2. The zero-order chi connectivity index (χ0) is 17.9. The first-order valence-electron chi connectivity index (χ1n) is 8.42. The van der Waals surface area contributed by atoms with Gasteiger partial charge < -0.3 is 4.74 Å². The third kappa shape index (κ3) is 4.22. The van der Waals surface area contributed by atoms with Crippen LogP contribution in [0.5, 0.6) is 0 Å². The van der Waals surface area contributed by atoms with Crippen LogP contribution in [0.2, 0.25) is 0 Å². The van der Waals surface area contributed by atoms with Crippen LogP contribution in [0.25, 0.3) is 0 Å². The number of allylic oxidation sites excluding steroid dienone is 7. The number of carbonyl (C=O) groups excluding carboxylic acids is 2. The maximum atomic E-state index is 11.8. The predicted molar refractivity (Wildman–Crippen MR) is 96.2 cm³/mol. The van der Waals surface area contributed by atoms with E-state index in [2.05, 4.69) is 37.7 Å². The Kier molecular flexibility index (Phi) is 5.43. The molecule has 0 saturated heterocycles. The van der Waals surface area contributed by atoms with Crippen LogP contribution in [0.15, 0.2) is 58.2 Å². The monoisotopic (exact) mass is 326 g/mol. The van der Waals surface area contributed by atoms with Crippen molar-refractivity contribution < 1.29 is 14.3 Å². The van der Waals surface area contributed by atoms with E-state index < -0.39 is 11.9 Å². The second-order valence-electron chi connectivity index (χ2n) is 7.29. The largest absolute Gasteiger partial charge is 0.386 e. The molecule has 0 aromatic carbocycles. The topological polar surface area (TPSA) is 43.4 Å². The predicted octanol–water partition coefficient (Wildman–Crippen LogP) is 4.97. The summed E-state index contributed by atoms with van der Waals surface area (Å²) in [6, 6.07) is 0. The molecule has 0 fully saturated rings. The smallest absolute Gasteiger partial charge is 0.346 e. The van der Waals surface area contributed by atoms with E-state index in [0.29, 0.717) is 11.1 Å². The van der Waals surface area contributed by atoms with E-state index in [4.69, 9.17) is 0 Å². The first-order chi connectivity index (χ1) is 11.2. The molecule has 24 heavy (non-hydrogen) atoms. The summed E-state index contributed by atoms with van der Waals surface area (Å²) in [6.07, 6.45) is 12.8. The number of ether oxygens (including phenoxy) is 1. The molecule has 3 heteroatoms. The van der Waals surface area contributed by atoms with Crippen molar-refractivity contribution >= 4 is 11.9 Å². The molecule has 3 nitrogen and oxygen atoms in total. The number of carbonyl (C=O) groups is 2. The van der Waals surface area contributed by atoms with Crippen LogP contribution in [0.1, 0.15) is 53.9 Å². The first kappa shape index (κ1) is 18.2. The first-order valence-corrected chi connectivity index (χ1v) is 8.42. The Morgan fingerprint density at radius 1 is 1.25 bits per heavy atom. The zero-order valence-corrected chi connectivity index (χ0v) is 15.2. The van der Waals surface area contributed by atoms with Crippen LogP contribution >= 0.6 is 0 Å². The molecule has 1 aliphatic heterocycles. The lowest BCUT2D eigenvalue weighted by Gasteiger charge is -2.32. The summed E-state index contributed by atoms with van der Waals surface area (Å²) in [5, 5.41) is 0. The van der Waals surface area contributed by atoms with E-state index in [-0.39, 0.29) is 5.41 Å². The van der Waals surface area contributed by atoms with Gasteiger partial charge >= 0.3 is 11.9 Å². The quantitative estimate of drug-likeness (QED) is 0.318. The fraction of sp³-hybridized carbons (Fsp3) is 0.429. The number of cyclic esters (lactones) is 2. The summed E-state index contributed by atoms with van der Waals surface area (Å²) in [6.45, 7) is 10.5. The fourth-order valence-electron chi connectivity index (χ4n) is 3.29. The van der Waals surface area contributed by atoms with Crippen molar-refractivity contribution in [1.29, 1.82) is 0 Å². The minimum atomic E-state index is -0.600. The third-order valence-corrected chi connectivity index (χ3v) is 4.74. The van der Waals surface area contributed by atoms with Gasteiger partial charge in [-0.05, 0) is 62.7 Å². The minimum absolute atomic E-state index is 0.213. The Hall–Kier alpha value is -2.16. The van der Waals surface area contributed by atoms with E-state index in [1.165, 1.54) is 36.5 Å². The van der Waals surface area contributed by atoms with Crippen LogP contribution in [0.4, 0.5) is 0 Å². The lowest BCUT2D eigenvalue weighted by Crippen LogP contribution is -2.19. The minimum Gasteiger partial charge on any atom is -0.386 e. The van der Waals surface area contributed by atoms with Crippen LogP contribution in [-0.4, -0.2) is 11.9 Å². The SMILES string of the molecule is CC1=CC(=O)OC(=O)/C1=C/C=C(C)/C=C/C1=C(C)CCCC1(C)C. The Morgan fingerprint density at radius 3 is 2.58 bits per heavy atom. The van der Waals surface area contributed by atoms with Gasteiger partial charge in [-0.25, -0.2) is 9.59 Å². The van der Waals surface area contributed by atoms with Gasteiger partial charge in [0, 0.05) is 6.08 Å². The van der Waals surface area contributed by atoms with Crippen LogP contribution in [-0.2, 0) is 14.3 Å². The second-order valence-corrected chi connectivity index (χ2v) is 7.29. The van der Waals surface area contributed by atoms with Crippen molar-refractivity contribution in [2.75, 3.05) is 0 Å². The second kappa shape index (κ2) is 7.16. The van der Waals surface area contributed by atoms with Gasteiger partial charge in [0.2, 0.25) is 0 Å². The number of hydrogen-bond acceptors (Lipinski definition) is 3. The van der Waals surface area contributed by atoms with Gasteiger partial charge in [-0.1, -0.05) is 43.2 Å². The molecule has 128 valence electrons. The lowest BCUT2D eigenvalue weighted by atomic mass is 9.72. The molecule has 0 radical (unpaired) electrons. The van der Waals surface area contributed by atoms with E-state index in [0.717, 1.165) is 5.57 Å². The summed E-state index contributed by atoms with van der Waals surface area (Å²) in [7, 11) is 0. The number of rotatable bonds is 3. The van der Waals surface area contributed by atoms with E-state index in [9.17, 15) is 9.59 Å². The summed E-state index contributed by atoms with van der Waals surface area (Å²) < 4.78 is 4.62. The number of esters is 2. The van der Waals surface area contributed by atoms with Gasteiger partial charge in [0.15, 0.2) is 0 Å². The molecule has 1 heterocycles. The molecule has 2 rings (SSSR count). The molecular formula is C21H26O3.